The maximum absolute atomic E-state index is 11.4. The van der Waals surface area contributed by atoms with Crippen LogP contribution in [0.4, 0.5) is 5.69 Å². The second kappa shape index (κ2) is 6.38. The van der Waals surface area contributed by atoms with Crippen LogP contribution in [-0.2, 0) is 16.0 Å². The predicted molar refractivity (Wildman–Crippen MR) is 74.8 cm³/mol. The highest BCUT2D eigenvalue weighted by atomic mass is 32.1. The van der Waals surface area contributed by atoms with Crippen LogP contribution in [0.1, 0.15) is 12.5 Å². The van der Waals surface area contributed by atoms with E-state index in [0.717, 1.165) is 0 Å². The first-order valence-electron chi connectivity index (χ1n) is 5.67. The number of nitro groups is 1. The van der Waals surface area contributed by atoms with Crippen LogP contribution in [0.2, 0.25) is 0 Å². The maximum atomic E-state index is 11.4. The highest BCUT2D eigenvalue weighted by molar-refractivity contribution is 7.80. The third-order valence-corrected chi connectivity index (χ3v) is 3.31. The highest BCUT2D eigenvalue weighted by Crippen LogP contribution is 2.24. The summed E-state index contributed by atoms with van der Waals surface area (Å²) in [6.07, 6.45) is -0.220. The number of thiol groups is 1. The molecule has 8 heteroatoms. The van der Waals surface area contributed by atoms with Crippen LogP contribution in [0.3, 0.4) is 0 Å². The summed E-state index contributed by atoms with van der Waals surface area (Å²) in [6, 6.07) is 5.81. The number of nitro benzene ring substituents is 1. The number of nitrogens with zero attached hydrogens (tertiary/aromatic N) is 1. The zero-order valence-corrected chi connectivity index (χ0v) is 11.6. The molecule has 0 radical (unpaired) electrons. The Morgan fingerprint density at radius 1 is 1.45 bits per heavy atom. The summed E-state index contributed by atoms with van der Waals surface area (Å²) in [5, 5.41) is 22.6. The van der Waals surface area contributed by atoms with Crippen molar-refractivity contribution in [2.24, 2.45) is 0 Å². The molecule has 0 saturated carbocycles. The number of rotatable bonds is 6. The summed E-state index contributed by atoms with van der Waals surface area (Å²) in [5.74, 6) is -2.02. The molecule has 1 atom stereocenters. The van der Waals surface area contributed by atoms with Crippen LogP contribution in [-0.4, -0.2) is 33.2 Å². The summed E-state index contributed by atoms with van der Waals surface area (Å²) in [5.41, 5.74) is -1.64. The zero-order valence-electron chi connectivity index (χ0n) is 10.7. The molecule has 1 rings (SSSR count). The Hall–Kier alpha value is -2.09. The molecule has 0 aliphatic rings. The number of hydrogen-bond donors (Lipinski definition) is 3. The van der Waals surface area contributed by atoms with Crippen molar-refractivity contribution in [2.75, 3.05) is 5.75 Å². The van der Waals surface area contributed by atoms with Gasteiger partial charge in [-0.3, -0.25) is 14.9 Å². The van der Waals surface area contributed by atoms with Gasteiger partial charge in [0.15, 0.2) is 5.54 Å². The van der Waals surface area contributed by atoms with E-state index in [1.807, 2.05) is 0 Å². The number of carboxylic acid groups (broad SMARTS) is 1. The van der Waals surface area contributed by atoms with Gasteiger partial charge in [-0.1, -0.05) is 18.2 Å². The molecule has 2 N–H and O–H groups in total. The van der Waals surface area contributed by atoms with Crippen LogP contribution in [0.25, 0.3) is 0 Å². The van der Waals surface area contributed by atoms with Gasteiger partial charge in [0.25, 0.3) is 5.69 Å². The van der Waals surface area contributed by atoms with E-state index in [4.69, 9.17) is 0 Å². The van der Waals surface area contributed by atoms with Crippen molar-refractivity contribution in [3.8, 4) is 0 Å². The highest BCUT2D eigenvalue weighted by Gasteiger charge is 2.39. The smallest absolute Gasteiger partial charge is 0.330 e. The van der Waals surface area contributed by atoms with Crippen LogP contribution in [0.5, 0.6) is 0 Å². The van der Waals surface area contributed by atoms with Crippen LogP contribution >= 0.6 is 12.6 Å². The Bertz CT molecular complexity index is 548. The van der Waals surface area contributed by atoms with Gasteiger partial charge in [0.2, 0.25) is 5.91 Å². The number of aliphatic carboxylic acids is 1. The molecule has 0 heterocycles. The van der Waals surface area contributed by atoms with E-state index in [1.54, 1.807) is 6.07 Å². The molecule has 0 bridgehead atoms. The minimum atomic E-state index is -1.68. The Kier molecular flexibility index (Phi) is 5.09. The fraction of sp³-hybridized carbons (Fsp3) is 0.333. The van der Waals surface area contributed by atoms with E-state index in [-0.39, 0.29) is 23.4 Å². The first-order valence-corrected chi connectivity index (χ1v) is 6.31. The van der Waals surface area contributed by atoms with E-state index in [2.05, 4.69) is 17.9 Å². The van der Waals surface area contributed by atoms with Crippen molar-refractivity contribution in [3.05, 3.63) is 39.9 Å². The molecular formula is C12H14N2O5S. The molecule has 1 aromatic rings. The molecule has 1 aromatic carbocycles. The van der Waals surface area contributed by atoms with Crippen molar-refractivity contribution in [3.63, 3.8) is 0 Å². The van der Waals surface area contributed by atoms with Crippen molar-refractivity contribution >= 4 is 30.2 Å². The molecule has 20 heavy (non-hydrogen) atoms. The molecule has 0 spiro atoms. The Balaban J connectivity index is 3.23. The molecule has 0 unspecified atom stereocenters. The summed E-state index contributed by atoms with van der Waals surface area (Å²) in [6.45, 7) is 1.18. The number of nitrogens with one attached hydrogen (secondary N) is 1. The second-order valence-corrected chi connectivity index (χ2v) is 4.61. The maximum Gasteiger partial charge on any atom is 0.330 e. The fourth-order valence-electron chi connectivity index (χ4n) is 1.84. The van der Waals surface area contributed by atoms with Crippen molar-refractivity contribution < 1.29 is 19.6 Å². The number of carbonyl (C=O) groups is 2. The molecule has 0 aliphatic carbocycles. The summed E-state index contributed by atoms with van der Waals surface area (Å²) < 4.78 is 0. The lowest BCUT2D eigenvalue weighted by atomic mass is 9.91. The number of carbonyl (C=O) groups excluding carboxylic acids is 1. The number of carboxylic acids is 1. The van der Waals surface area contributed by atoms with Crippen molar-refractivity contribution in [1.82, 2.24) is 5.32 Å². The molecule has 0 fully saturated rings. The van der Waals surface area contributed by atoms with Gasteiger partial charge in [0.1, 0.15) is 0 Å². The van der Waals surface area contributed by atoms with E-state index >= 15 is 0 Å². The van der Waals surface area contributed by atoms with Gasteiger partial charge in [0.05, 0.1) is 4.92 Å². The topological polar surface area (TPSA) is 110 Å². The van der Waals surface area contributed by atoms with Gasteiger partial charge in [-0.15, -0.1) is 0 Å². The van der Waals surface area contributed by atoms with Gasteiger partial charge in [0, 0.05) is 30.7 Å². The van der Waals surface area contributed by atoms with E-state index in [1.165, 1.54) is 25.1 Å². The Morgan fingerprint density at radius 3 is 2.50 bits per heavy atom. The molecule has 108 valence electrons. The molecular weight excluding hydrogens is 284 g/mol. The van der Waals surface area contributed by atoms with Crippen LogP contribution < -0.4 is 5.32 Å². The van der Waals surface area contributed by atoms with E-state index in [9.17, 15) is 24.8 Å². The quantitative estimate of drug-likeness (QED) is 0.413. The average Bonchev–Trinajstić information content (AvgIpc) is 2.37. The Labute approximate surface area is 120 Å². The normalized spacial score (nSPS) is 13.3. The lowest BCUT2D eigenvalue weighted by Gasteiger charge is -2.28. The lowest BCUT2D eigenvalue weighted by molar-refractivity contribution is -0.385. The van der Waals surface area contributed by atoms with Gasteiger partial charge < -0.3 is 10.4 Å². The lowest BCUT2D eigenvalue weighted by Crippen LogP contribution is -2.57. The van der Waals surface area contributed by atoms with Gasteiger partial charge in [-0.25, -0.2) is 4.79 Å². The second-order valence-electron chi connectivity index (χ2n) is 4.29. The largest absolute Gasteiger partial charge is 0.479 e. The summed E-state index contributed by atoms with van der Waals surface area (Å²) in [4.78, 5) is 33.0. The molecule has 0 aromatic heterocycles. The molecule has 7 nitrogen and oxygen atoms in total. The third-order valence-electron chi connectivity index (χ3n) is 2.78. The molecule has 1 amide bonds. The minimum absolute atomic E-state index is 0.187. The predicted octanol–water partition coefficient (Wildman–Crippen LogP) is 1.03. The molecule has 0 saturated heterocycles. The number of hydrogen-bond acceptors (Lipinski definition) is 5. The minimum Gasteiger partial charge on any atom is -0.479 e. The first-order chi connectivity index (χ1) is 9.32. The fourth-order valence-corrected chi connectivity index (χ4v) is 2.16. The Morgan fingerprint density at radius 2 is 2.05 bits per heavy atom. The van der Waals surface area contributed by atoms with Crippen LogP contribution in [0, 0.1) is 10.1 Å². The van der Waals surface area contributed by atoms with E-state index < -0.39 is 22.3 Å². The summed E-state index contributed by atoms with van der Waals surface area (Å²) in [7, 11) is 0. The monoisotopic (exact) mass is 298 g/mol. The van der Waals surface area contributed by atoms with E-state index in [0.29, 0.717) is 0 Å². The number of para-hydroxylation sites is 1. The third kappa shape index (κ3) is 3.47. The number of benzene rings is 1. The average molecular weight is 298 g/mol. The van der Waals surface area contributed by atoms with Gasteiger partial charge in [-0.05, 0) is 0 Å². The number of amides is 1. The first kappa shape index (κ1) is 16.0. The van der Waals surface area contributed by atoms with Gasteiger partial charge >= 0.3 is 5.97 Å². The van der Waals surface area contributed by atoms with Crippen molar-refractivity contribution in [2.45, 2.75) is 18.9 Å². The molecule has 0 aliphatic heterocycles. The standard InChI is InChI=1S/C12H14N2O5S/c1-8(15)13-12(7-20,11(16)17)6-9-4-2-3-5-10(9)14(18)19/h2-5,20H,6-7H2,1H3,(H,13,15)(H,16,17)/t12-/m0/s1. The van der Waals surface area contributed by atoms with Gasteiger partial charge in [-0.2, -0.15) is 12.6 Å². The zero-order chi connectivity index (χ0) is 15.3. The summed E-state index contributed by atoms with van der Waals surface area (Å²) >= 11 is 3.97. The van der Waals surface area contributed by atoms with Crippen molar-refractivity contribution in [1.29, 1.82) is 0 Å². The van der Waals surface area contributed by atoms with Crippen LogP contribution in [0.15, 0.2) is 24.3 Å². The SMILES string of the molecule is CC(=O)N[C@](CS)(Cc1ccccc1[N+](=O)[O-])C(=O)O.